The normalized spacial score (nSPS) is 11.7. The van der Waals surface area contributed by atoms with E-state index in [0.717, 1.165) is 23.9 Å². The quantitative estimate of drug-likeness (QED) is 0.162. The topological polar surface area (TPSA) is 47.8 Å². The van der Waals surface area contributed by atoms with Crippen LogP contribution in [0.25, 0.3) is 11.0 Å². The minimum absolute atomic E-state index is 0.0468. The Morgan fingerprint density at radius 1 is 0.750 bits per heavy atom. The number of hydrogen-bond acceptors (Lipinski definition) is 3. The van der Waals surface area contributed by atoms with E-state index in [1.807, 2.05) is 24.3 Å². The van der Waals surface area contributed by atoms with Gasteiger partial charge in [0.2, 0.25) is 5.91 Å². The molecule has 2 rings (SSSR count). The van der Waals surface area contributed by atoms with Crippen LogP contribution in [-0.4, -0.2) is 20.9 Å². The molecule has 2 aromatic rings. The van der Waals surface area contributed by atoms with Crippen molar-refractivity contribution >= 4 is 16.9 Å². The number of unbranched alkanes of at least 4 members (excludes halogenated alkanes) is 15. The summed E-state index contributed by atoms with van der Waals surface area (Å²) in [6, 6.07) is 7.62. The van der Waals surface area contributed by atoms with Gasteiger partial charge in [-0.25, -0.2) is 0 Å². The number of carbonyl (C=O) groups is 1. The van der Waals surface area contributed by atoms with Gasteiger partial charge in [-0.3, -0.25) is 4.79 Å². The summed E-state index contributed by atoms with van der Waals surface area (Å²) >= 11 is 0. The second-order valence-corrected chi connectivity index (χ2v) is 9.13. The van der Waals surface area contributed by atoms with Gasteiger partial charge in [0.1, 0.15) is 5.52 Å². The molecule has 0 bridgehead atoms. The summed E-state index contributed by atoms with van der Waals surface area (Å²) in [5, 5.41) is 8.06. The van der Waals surface area contributed by atoms with Gasteiger partial charge in [-0.05, 0) is 44.2 Å². The lowest BCUT2D eigenvalue weighted by molar-refractivity contribution is 0.0886. The fourth-order valence-corrected chi connectivity index (χ4v) is 4.21. The lowest BCUT2D eigenvalue weighted by Gasteiger charge is -2.02. The van der Waals surface area contributed by atoms with Gasteiger partial charge in [-0.15, -0.1) is 5.10 Å². The first-order valence-electron chi connectivity index (χ1n) is 13.3. The predicted molar refractivity (Wildman–Crippen MR) is 136 cm³/mol. The predicted octanol–water partition coefficient (Wildman–Crippen LogP) is 8.67. The molecule has 0 aliphatic rings. The molecule has 0 atom stereocenters. The van der Waals surface area contributed by atoms with Crippen molar-refractivity contribution in [1.29, 1.82) is 0 Å². The summed E-state index contributed by atoms with van der Waals surface area (Å²) in [7, 11) is 0. The minimum Gasteiger partial charge on any atom is -0.273 e. The smallest absolute Gasteiger partial charge is 0.248 e. The Hall–Kier alpha value is -1.97. The molecule has 4 nitrogen and oxygen atoms in total. The van der Waals surface area contributed by atoms with Crippen LogP contribution in [0.2, 0.25) is 0 Å². The van der Waals surface area contributed by atoms with Crippen LogP contribution in [0.1, 0.15) is 127 Å². The van der Waals surface area contributed by atoms with E-state index in [1.54, 1.807) is 0 Å². The van der Waals surface area contributed by atoms with Gasteiger partial charge in [-0.1, -0.05) is 113 Å². The molecule has 0 fully saturated rings. The van der Waals surface area contributed by atoms with E-state index >= 15 is 0 Å². The molecule has 178 valence electrons. The van der Waals surface area contributed by atoms with Crippen molar-refractivity contribution in [3.63, 3.8) is 0 Å². The lowest BCUT2D eigenvalue weighted by Crippen LogP contribution is -2.12. The Balaban J connectivity index is 1.35. The molecule has 1 aromatic heterocycles. The fourth-order valence-electron chi connectivity index (χ4n) is 4.21. The zero-order chi connectivity index (χ0) is 22.7. The number of hydrogen-bond donors (Lipinski definition) is 0. The second kappa shape index (κ2) is 17.6. The van der Waals surface area contributed by atoms with E-state index in [0.29, 0.717) is 6.42 Å². The molecule has 0 radical (unpaired) electrons. The highest BCUT2D eigenvalue weighted by Crippen LogP contribution is 2.14. The first kappa shape index (κ1) is 26.3. The number of fused-ring (bicyclic) bond motifs is 1. The Morgan fingerprint density at radius 2 is 1.28 bits per heavy atom. The first-order chi connectivity index (χ1) is 15.8. The van der Waals surface area contributed by atoms with Crippen LogP contribution in [0.4, 0.5) is 0 Å². The van der Waals surface area contributed by atoms with Gasteiger partial charge in [-0.2, -0.15) is 4.68 Å². The molecule has 0 unspecified atom stereocenters. The Bertz CT molecular complexity index is 765. The largest absolute Gasteiger partial charge is 0.273 e. The maximum atomic E-state index is 12.4. The Labute approximate surface area is 195 Å². The first-order valence-corrected chi connectivity index (χ1v) is 13.3. The van der Waals surface area contributed by atoms with Crippen LogP contribution in [0.3, 0.4) is 0 Å². The molecule has 0 aliphatic carbocycles. The number of aromatic nitrogens is 3. The third-order valence-corrected chi connectivity index (χ3v) is 6.24. The van der Waals surface area contributed by atoms with Gasteiger partial charge < -0.3 is 0 Å². The summed E-state index contributed by atoms with van der Waals surface area (Å²) in [6.07, 6.45) is 27.6. The van der Waals surface area contributed by atoms with E-state index in [4.69, 9.17) is 0 Å². The van der Waals surface area contributed by atoms with Crippen molar-refractivity contribution in [3.05, 3.63) is 36.4 Å². The van der Waals surface area contributed by atoms with E-state index in [2.05, 4.69) is 29.4 Å². The lowest BCUT2D eigenvalue weighted by atomic mass is 10.1. The summed E-state index contributed by atoms with van der Waals surface area (Å²) in [5.41, 5.74) is 1.58. The number of nitrogens with zero attached hydrogens (tertiary/aromatic N) is 3. The van der Waals surface area contributed by atoms with Gasteiger partial charge in [0.25, 0.3) is 0 Å². The molecule has 0 amide bonds. The molecule has 4 heteroatoms. The molecule has 1 heterocycles. The average Bonchev–Trinajstić information content (AvgIpc) is 3.25. The van der Waals surface area contributed by atoms with E-state index in [9.17, 15) is 4.79 Å². The third kappa shape index (κ3) is 11.1. The number of para-hydroxylation sites is 1. The molecule has 0 saturated carbocycles. The Kier molecular flexibility index (Phi) is 14.4. The van der Waals surface area contributed by atoms with Crippen LogP contribution >= 0.6 is 0 Å². The standard InChI is InChI=1S/C28H45N3O/c1-2-3-4-5-6-7-8-9-10-11-12-13-14-15-16-17-18-19-20-25-28(32)31-27-24-22-21-23-26(27)29-30-31/h14-15,21-24H,2-13,16-20,25H2,1H3/b15-14+. The number of rotatable bonds is 19. The van der Waals surface area contributed by atoms with Crippen molar-refractivity contribution < 1.29 is 4.79 Å². The second-order valence-electron chi connectivity index (χ2n) is 9.13. The van der Waals surface area contributed by atoms with E-state index < -0.39 is 0 Å². The zero-order valence-corrected chi connectivity index (χ0v) is 20.4. The van der Waals surface area contributed by atoms with Crippen molar-refractivity contribution in [2.45, 2.75) is 122 Å². The monoisotopic (exact) mass is 439 g/mol. The van der Waals surface area contributed by atoms with Gasteiger partial charge in [0.05, 0.1) is 5.52 Å². The van der Waals surface area contributed by atoms with Crippen LogP contribution in [0.5, 0.6) is 0 Å². The summed E-state index contributed by atoms with van der Waals surface area (Å²) in [6.45, 7) is 2.28. The van der Waals surface area contributed by atoms with Crippen LogP contribution in [-0.2, 0) is 0 Å². The molecule has 0 saturated heterocycles. The van der Waals surface area contributed by atoms with Crippen molar-refractivity contribution in [1.82, 2.24) is 15.0 Å². The molecular weight excluding hydrogens is 394 g/mol. The highest BCUT2D eigenvalue weighted by molar-refractivity contribution is 5.88. The third-order valence-electron chi connectivity index (χ3n) is 6.24. The van der Waals surface area contributed by atoms with Crippen LogP contribution < -0.4 is 0 Å². The van der Waals surface area contributed by atoms with Crippen molar-refractivity contribution in [2.24, 2.45) is 0 Å². The maximum absolute atomic E-state index is 12.4. The highest BCUT2D eigenvalue weighted by atomic mass is 16.2. The fraction of sp³-hybridized carbons (Fsp3) is 0.679. The molecule has 32 heavy (non-hydrogen) atoms. The van der Waals surface area contributed by atoms with Gasteiger partial charge in [0.15, 0.2) is 0 Å². The SMILES string of the molecule is CCCCCCCCCCCCC/C=C/CCCCCCC(=O)n1nnc2ccccc21. The van der Waals surface area contributed by atoms with Gasteiger partial charge in [0, 0.05) is 6.42 Å². The molecule has 0 N–H and O–H groups in total. The van der Waals surface area contributed by atoms with Gasteiger partial charge >= 0.3 is 0 Å². The number of allylic oxidation sites excluding steroid dienone is 2. The summed E-state index contributed by atoms with van der Waals surface area (Å²) < 4.78 is 1.45. The number of carbonyl (C=O) groups excluding carboxylic acids is 1. The zero-order valence-electron chi connectivity index (χ0n) is 20.4. The molecule has 0 spiro atoms. The van der Waals surface area contributed by atoms with Crippen molar-refractivity contribution in [3.8, 4) is 0 Å². The van der Waals surface area contributed by atoms with Crippen LogP contribution in [0, 0.1) is 0 Å². The molecule has 1 aromatic carbocycles. The van der Waals surface area contributed by atoms with Crippen molar-refractivity contribution in [2.75, 3.05) is 0 Å². The van der Waals surface area contributed by atoms with E-state index in [1.165, 1.54) is 101 Å². The Morgan fingerprint density at radius 3 is 1.91 bits per heavy atom. The highest BCUT2D eigenvalue weighted by Gasteiger charge is 2.10. The molecular formula is C28H45N3O. The van der Waals surface area contributed by atoms with E-state index in [-0.39, 0.29) is 5.91 Å². The summed E-state index contributed by atoms with van der Waals surface area (Å²) in [4.78, 5) is 12.4. The number of benzene rings is 1. The van der Waals surface area contributed by atoms with Crippen LogP contribution in [0.15, 0.2) is 36.4 Å². The summed E-state index contributed by atoms with van der Waals surface area (Å²) in [5.74, 6) is 0.0468. The minimum atomic E-state index is 0.0468. The average molecular weight is 440 g/mol. The maximum Gasteiger partial charge on any atom is 0.248 e. The molecule has 0 aliphatic heterocycles.